The van der Waals surface area contributed by atoms with Gasteiger partial charge in [0.2, 0.25) is 0 Å². The molecule has 176 valence electrons. The van der Waals surface area contributed by atoms with Crippen molar-refractivity contribution < 1.29 is 6.85 Å². The molecule has 2 nitrogen and oxygen atoms in total. The van der Waals surface area contributed by atoms with Crippen molar-refractivity contribution in [3.05, 3.63) is 133 Å². The van der Waals surface area contributed by atoms with E-state index < -0.39 is 0 Å². The fraction of sp³-hybridized carbons (Fsp3) is 0.0571. The maximum atomic E-state index is 8.41. The minimum atomic E-state index is -0.389. The van der Waals surface area contributed by atoms with Crippen molar-refractivity contribution in [3.8, 4) is 27.9 Å². The van der Waals surface area contributed by atoms with Gasteiger partial charge in [0.15, 0.2) is 0 Å². The number of aryl methyl sites for hydroxylation is 1. The van der Waals surface area contributed by atoms with Crippen LogP contribution in [0.25, 0.3) is 60.5 Å². The van der Waals surface area contributed by atoms with Gasteiger partial charge in [-0.15, -0.1) is 0 Å². The Bertz CT molecular complexity index is 2100. The molecule has 7 aromatic rings. The van der Waals surface area contributed by atoms with Crippen LogP contribution in [0.1, 0.15) is 19.6 Å². The van der Waals surface area contributed by atoms with Crippen molar-refractivity contribution in [1.29, 1.82) is 0 Å². The summed E-state index contributed by atoms with van der Waals surface area (Å²) >= 11 is 0. The number of fused-ring (bicyclic) bond motifs is 3. The van der Waals surface area contributed by atoms with Crippen LogP contribution in [0.4, 0.5) is 0 Å². The molecule has 0 radical (unpaired) electrons. The summed E-state index contributed by atoms with van der Waals surface area (Å²) in [6, 6.07) is 31.3. The van der Waals surface area contributed by atoms with Crippen molar-refractivity contribution in [2.24, 2.45) is 0 Å². The van der Waals surface area contributed by atoms with Crippen molar-refractivity contribution in [2.45, 2.75) is 13.3 Å². The van der Waals surface area contributed by atoms with E-state index in [4.69, 9.17) is 11.8 Å². The fourth-order valence-corrected chi connectivity index (χ4v) is 5.42. The van der Waals surface area contributed by atoms with Crippen LogP contribution in [-0.2, 0) is 6.42 Å². The molecule has 1 aromatic heterocycles. The summed E-state index contributed by atoms with van der Waals surface area (Å²) in [4.78, 5) is 4.97. The van der Waals surface area contributed by atoms with E-state index in [1.165, 1.54) is 0 Å². The van der Waals surface area contributed by atoms with Gasteiger partial charge in [0, 0.05) is 17.2 Å². The standard InChI is InChI=1S/C35H26N2/c1-2-33-36-31-18-10-11-19-32(31)37(33)35-29-16-8-6-14-27(29)34(28-15-7-9-17-30(28)35)26-22-20-25(21-23-26)24-12-4-3-5-13-24/h3-23H,2H2,1H3/i3D,4D,5D,12D,13D. The molecule has 0 aliphatic rings. The zero-order valence-corrected chi connectivity index (χ0v) is 20.3. The highest BCUT2D eigenvalue weighted by Gasteiger charge is 2.20. The topological polar surface area (TPSA) is 17.8 Å². The van der Waals surface area contributed by atoms with Crippen LogP contribution < -0.4 is 0 Å². The zero-order chi connectivity index (χ0) is 29.1. The lowest BCUT2D eigenvalue weighted by atomic mass is 9.89. The molecule has 7 rings (SSSR count). The lowest BCUT2D eigenvalue weighted by Gasteiger charge is -2.19. The largest absolute Gasteiger partial charge is 0.295 e. The van der Waals surface area contributed by atoms with Crippen LogP contribution in [0.5, 0.6) is 0 Å². The number of para-hydroxylation sites is 2. The molecule has 1 heterocycles. The fourth-order valence-electron chi connectivity index (χ4n) is 5.42. The Morgan fingerprint density at radius 1 is 0.622 bits per heavy atom. The molecule has 0 saturated heterocycles. The predicted octanol–water partition coefficient (Wildman–Crippen LogP) is 9.23. The first-order valence-corrected chi connectivity index (χ1v) is 12.5. The molecule has 6 aromatic carbocycles. The first kappa shape index (κ1) is 16.9. The lowest BCUT2D eigenvalue weighted by molar-refractivity contribution is 0.917. The Labute approximate surface area is 223 Å². The Hall–Kier alpha value is -4.69. The average Bonchev–Trinajstić information content (AvgIpc) is 3.40. The summed E-state index contributed by atoms with van der Waals surface area (Å²) in [6.45, 7) is 2.13. The number of benzene rings is 6. The second kappa shape index (κ2) is 8.76. The smallest absolute Gasteiger partial charge is 0.114 e. The first-order chi connectivity index (χ1) is 20.4. The van der Waals surface area contributed by atoms with Crippen LogP contribution in [0.2, 0.25) is 0 Å². The monoisotopic (exact) mass is 479 g/mol. The number of hydrogen-bond donors (Lipinski definition) is 0. The lowest BCUT2D eigenvalue weighted by Crippen LogP contribution is -2.03. The van der Waals surface area contributed by atoms with Crippen molar-refractivity contribution >= 4 is 32.6 Å². The summed E-state index contributed by atoms with van der Waals surface area (Å²) in [7, 11) is 0. The SMILES string of the molecule is [2H]c1c([2H])c([2H])c(-c2ccc(-c3c4ccccc4c(-n4c(CC)nc5ccccc54)c4ccccc34)cc2)c([2H])c1[2H]. The van der Waals surface area contributed by atoms with Gasteiger partial charge in [-0.05, 0) is 45.2 Å². The van der Waals surface area contributed by atoms with E-state index in [1.807, 2.05) is 30.3 Å². The quantitative estimate of drug-likeness (QED) is 0.230. The summed E-state index contributed by atoms with van der Waals surface area (Å²) < 4.78 is 43.2. The van der Waals surface area contributed by atoms with Crippen LogP contribution in [-0.4, -0.2) is 9.55 Å². The minimum absolute atomic E-state index is 0.201. The van der Waals surface area contributed by atoms with E-state index in [1.54, 1.807) is 0 Å². The van der Waals surface area contributed by atoms with Gasteiger partial charge in [0.1, 0.15) is 5.82 Å². The molecule has 37 heavy (non-hydrogen) atoms. The molecule has 0 aliphatic heterocycles. The summed E-state index contributed by atoms with van der Waals surface area (Å²) in [5.74, 6) is 1.00. The molecule has 0 saturated carbocycles. The highest BCUT2D eigenvalue weighted by molar-refractivity contribution is 6.18. The van der Waals surface area contributed by atoms with Gasteiger partial charge in [-0.25, -0.2) is 4.98 Å². The molecule has 0 N–H and O–H groups in total. The van der Waals surface area contributed by atoms with Gasteiger partial charge in [-0.2, -0.15) is 0 Å². The summed E-state index contributed by atoms with van der Waals surface area (Å²) in [6.07, 6.45) is 0.789. The van der Waals surface area contributed by atoms with Crippen molar-refractivity contribution in [3.63, 3.8) is 0 Å². The van der Waals surface area contributed by atoms with E-state index in [0.717, 1.165) is 61.6 Å². The average molecular weight is 480 g/mol. The second-order valence-corrected chi connectivity index (χ2v) is 9.10. The molecule has 0 atom stereocenters. The number of nitrogens with zero attached hydrogens (tertiary/aromatic N) is 2. The predicted molar refractivity (Wildman–Crippen MR) is 156 cm³/mol. The van der Waals surface area contributed by atoms with Gasteiger partial charge >= 0.3 is 0 Å². The van der Waals surface area contributed by atoms with Gasteiger partial charge in [-0.3, -0.25) is 4.57 Å². The van der Waals surface area contributed by atoms with E-state index in [-0.39, 0.29) is 35.8 Å². The number of imidazole rings is 1. The first-order valence-electron chi connectivity index (χ1n) is 15.0. The third-order valence-electron chi connectivity index (χ3n) is 7.04. The minimum Gasteiger partial charge on any atom is -0.295 e. The van der Waals surface area contributed by atoms with E-state index in [9.17, 15) is 0 Å². The summed E-state index contributed by atoms with van der Waals surface area (Å²) in [5.41, 5.74) is 5.99. The number of hydrogen-bond acceptors (Lipinski definition) is 1. The number of aromatic nitrogens is 2. The van der Waals surface area contributed by atoms with E-state index in [0.29, 0.717) is 5.56 Å². The van der Waals surface area contributed by atoms with Gasteiger partial charge in [-0.1, -0.05) is 122 Å². The van der Waals surface area contributed by atoms with Crippen LogP contribution in [0.15, 0.2) is 127 Å². The molecule has 0 spiro atoms. The second-order valence-electron chi connectivity index (χ2n) is 9.10. The highest BCUT2D eigenvalue weighted by atomic mass is 15.1. The van der Waals surface area contributed by atoms with Crippen molar-refractivity contribution in [2.75, 3.05) is 0 Å². The molecule has 2 heteroatoms. The molecule has 0 aliphatic carbocycles. The van der Waals surface area contributed by atoms with E-state index >= 15 is 0 Å². The Balaban J connectivity index is 1.51. The third kappa shape index (κ3) is 3.45. The Kier molecular flexibility index (Phi) is 4.00. The zero-order valence-electron chi connectivity index (χ0n) is 25.3. The van der Waals surface area contributed by atoms with Crippen LogP contribution in [0, 0.1) is 0 Å². The number of rotatable bonds is 4. The molecular formula is C35H26N2. The van der Waals surface area contributed by atoms with Gasteiger partial charge in [0.25, 0.3) is 0 Å². The van der Waals surface area contributed by atoms with Crippen molar-refractivity contribution in [1.82, 2.24) is 9.55 Å². The van der Waals surface area contributed by atoms with Gasteiger partial charge < -0.3 is 0 Å². The summed E-state index contributed by atoms with van der Waals surface area (Å²) in [5, 5.41) is 4.42. The molecular weight excluding hydrogens is 448 g/mol. The molecule has 0 bridgehead atoms. The van der Waals surface area contributed by atoms with Crippen LogP contribution in [0.3, 0.4) is 0 Å². The third-order valence-corrected chi connectivity index (χ3v) is 7.04. The van der Waals surface area contributed by atoms with E-state index in [2.05, 4.69) is 78.2 Å². The molecule has 0 fully saturated rings. The maximum Gasteiger partial charge on any atom is 0.114 e. The molecule has 0 unspecified atom stereocenters. The van der Waals surface area contributed by atoms with Gasteiger partial charge in [0.05, 0.1) is 23.6 Å². The molecule has 0 amide bonds. The maximum absolute atomic E-state index is 8.41. The normalized spacial score (nSPS) is 13.4. The Morgan fingerprint density at radius 2 is 1.19 bits per heavy atom. The highest BCUT2D eigenvalue weighted by Crippen LogP contribution is 2.42. The van der Waals surface area contributed by atoms with Crippen LogP contribution >= 0.6 is 0 Å². The Morgan fingerprint density at radius 3 is 1.84 bits per heavy atom.